The zero-order valence-electron chi connectivity index (χ0n) is 19.7. The third-order valence-corrected chi connectivity index (χ3v) is 6.56. The lowest BCUT2D eigenvalue weighted by molar-refractivity contribution is -0.0705. The Kier molecular flexibility index (Phi) is 11.0. The molecule has 2 unspecified atom stereocenters. The Morgan fingerprint density at radius 2 is 1.84 bits per heavy atom. The zero-order valence-corrected chi connectivity index (χ0v) is 22.0. The smallest absolute Gasteiger partial charge is 0.191 e. The van der Waals surface area contributed by atoms with Gasteiger partial charge in [0.25, 0.3) is 0 Å². The van der Waals surface area contributed by atoms with Gasteiger partial charge in [-0.05, 0) is 49.7 Å². The lowest BCUT2D eigenvalue weighted by Gasteiger charge is -2.42. The fraction of sp³-hybridized carbons (Fsp3) is 0.708. The predicted molar refractivity (Wildman–Crippen MR) is 138 cm³/mol. The molecule has 176 valence electrons. The molecule has 1 saturated carbocycles. The van der Waals surface area contributed by atoms with Crippen molar-refractivity contribution in [1.29, 1.82) is 0 Å². The molecule has 0 spiro atoms. The van der Waals surface area contributed by atoms with Crippen molar-refractivity contribution in [3.8, 4) is 0 Å². The number of morpholine rings is 1. The molecule has 1 aliphatic heterocycles. The summed E-state index contributed by atoms with van der Waals surface area (Å²) >= 11 is 0. The third kappa shape index (κ3) is 7.87. The van der Waals surface area contributed by atoms with Crippen molar-refractivity contribution in [3.05, 3.63) is 35.4 Å². The van der Waals surface area contributed by atoms with Gasteiger partial charge in [-0.25, -0.2) is 0 Å². The van der Waals surface area contributed by atoms with Gasteiger partial charge in [0, 0.05) is 53.5 Å². The number of aliphatic imine (C=N–C) groups is 1. The molecule has 0 bridgehead atoms. The van der Waals surface area contributed by atoms with Crippen molar-refractivity contribution in [2.24, 2.45) is 10.4 Å². The minimum absolute atomic E-state index is 0. The number of hydrogen-bond acceptors (Lipinski definition) is 4. The highest BCUT2D eigenvalue weighted by Gasteiger charge is 2.36. The van der Waals surface area contributed by atoms with E-state index in [0.29, 0.717) is 17.6 Å². The Balaban J connectivity index is 0.00000341. The summed E-state index contributed by atoms with van der Waals surface area (Å²) in [6.07, 6.45) is 5.58. The fourth-order valence-corrected chi connectivity index (χ4v) is 4.72. The molecule has 7 heteroatoms. The summed E-state index contributed by atoms with van der Waals surface area (Å²) in [4.78, 5) is 6.95. The highest BCUT2D eigenvalue weighted by atomic mass is 127. The summed E-state index contributed by atoms with van der Waals surface area (Å²) in [5.74, 6) is 0.877. The van der Waals surface area contributed by atoms with Crippen LogP contribution in [0.25, 0.3) is 0 Å². The van der Waals surface area contributed by atoms with Crippen LogP contribution < -0.4 is 10.6 Å². The van der Waals surface area contributed by atoms with E-state index in [2.05, 4.69) is 58.6 Å². The molecule has 31 heavy (non-hydrogen) atoms. The van der Waals surface area contributed by atoms with Crippen LogP contribution >= 0.6 is 24.0 Å². The first-order chi connectivity index (χ1) is 14.5. The highest BCUT2D eigenvalue weighted by molar-refractivity contribution is 14.0. The normalized spacial score (nSPS) is 23.5. The van der Waals surface area contributed by atoms with E-state index in [1.54, 1.807) is 7.11 Å². The molecule has 0 aromatic heterocycles. The van der Waals surface area contributed by atoms with Crippen molar-refractivity contribution < 1.29 is 9.47 Å². The minimum atomic E-state index is 0. The summed E-state index contributed by atoms with van der Waals surface area (Å²) in [5, 5.41) is 7.08. The van der Waals surface area contributed by atoms with Crippen LogP contribution in [0.15, 0.2) is 29.3 Å². The molecular formula is C24H41IN4O2. The predicted octanol–water partition coefficient (Wildman–Crippen LogP) is 3.79. The van der Waals surface area contributed by atoms with Gasteiger partial charge >= 0.3 is 0 Å². The summed E-state index contributed by atoms with van der Waals surface area (Å²) in [6.45, 7) is 9.82. The number of nitrogens with one attached hydrogen (secondary N) is 2. The third-order valence-electron chi connectivity index (χ3n) is 6.56. The number of hydrogen-bond donors (Lipinski definition) is 2. The van der Waals surface area contributed by atoms with Crippen molar-refractivity contribution in [2.75, 3.05) is 40.4 Å². The number of benzene rings is 1. The average Bonchev–Trinajstić information content (AvgIpc) is 2.69. The van der Waals surface area contributed by atoms with Crippen LogP contribution in [0.1, 0.15) is 50.7 Å². The van der Waals surface area contributed by atoms with Crippen molar-refractivity contribution in [3.63, 3.8) is 0 Å². The second-order valence-corrected chi connectivity index (χ2v) is 9.10. The highest BCUT2D eigenvalue weighted by Crippen LogP contribution is 2.43. The molecule has 2 fully saturated rings. The van der Waals surface area contributed by atoms with Gasteiger partial charge in [-0.3, -0.25) is 9.89 Å². The monoisotopic (exact) mass is 544 g/mol. The summed E-state index contributed by atoms with van der Waals surface area (Å²) in [6, 6.07) is 8.71. The topological polar surface area (TPSA) is 58.1 Å². The van der Waals surface area contributed by atoms with E-state index in [4.69, 9.17) is 9.47 Å². The van der Waals surface area contributed by atoms with Gasteiger partial charge in [0.2, 0.25) is 0 Å². The van der Waals surface area contributed by atoms with Crippen molar-refractivity contribution in [1.82, 2.24) is 15.5 Å². The molecule has 0 radical (unpaired) electrons. The maximum atomic E-state index is 5.88. The largest absolute Gasteiger partial charge is 0.385 e. The molecule has 1 saturated heterocycles. The van der Waals surface area contributed by atoms with Gasteiger partial charge in [-0.1, -0.05) is 30.7 Å². The Morgan fingerprint density at radius 1 is 1.16 bits per heavy atom. The molecule has 1 aromatic rings. The van der Waals surface area contributed by atoms with Gasteiger partial charge in [0.05, 0.1) is 12.2 Å². The second kappa shape index (κ2) is 13.0. The first kappa shape index (κ1) is 26.4. The van der Waals surface area contributed by atoms with E-state index in [0.717, 1.165) is 51.7 Å². The lowest BCUT2D eigenvalue weighted by atomic mass is 9.67. The Labute approximate surface area is 205 Å². The van der Waals surface area contributed by atoms with Crippen molar-refractivity contribution in [2.45, 2.75) is 64.8 Å². The van der Waals surface area contributed by atoms with E-state index in [9.17, 15) is 0 Å². The van der Waals surface area contributed by atoms with E-state index >= 15 is 0 Å². The van der Waals surface area contributed by atoms with E-state index in [1.165, 1.54) is 30.4 Å². The van der Waals surface area contributed by atoms with Gasteiger partial charge in [0.1, 0.15) is 0 Å². The molecule has 3 rings (SSSR count). The van der Waals surface area contributed by atoms with Gasteiger partial charge in [-0.15, -0.1) is 24.0 Å². The van der Waals surface area contributed by atoms with Crippen LogP contribution in [0.3, 0.4) is 0 Å². The maximum Gasteiger partial charge on any atom is 0.191 e. The Morgan fingerprint density at radius 3 is 2.42 bits per heavy atom. The van der Waals surface area contributed by atoms with Crippen LogP contribution in [-0.2, 0) is 22.6 Å². The number of nitrogens with zero attached hydrogens (tertiary/aromatic N) is 2. The number of guanidine groups is 1. The molecule has 1 aliphatic carbocycles. The van der Waals surface area contributed by atoms with Gasteiger partial charge in [-0.2, -0.15) is 0 Å². The molecular weight excluding hydrogens is 503 g/mol. The van der Waals surface area contributed by atoms with Crippen LogP contribution in [0.2, 0.25) is 0 Å². The fourth-order valence-electron chi connectivity index (χ4n) is 4.72. The molecule has 1 heterocycles. The number of ether oxygens (including phenoxy) is 2. The summed E-state index contributed by atoms with van der Waals surface area (Å²) < 4.78 is 11.2. The average molecular weight is 545 g/mol. The number of rotatable bonds is 9. The molecule has 1 aromatic carbocycles. The Hall–Kier alpha value is -0.900. The van der Waals surface area contributed by atoms with E-state index < -0.39 is 0 Å². The lowest BCUT2D eigenvalue weighted by Crippen LogP contribution is -2.47. The van der Waals surface area contributed by atoms with Gasteiger partial charge in [0.15, 0.2) is 5.96 Å². The van der Waals surface area contributed by atoms with Crippen LogP contribution in [0.4, 0.5) is 0 Å². The standard InChI is InChI=1S/C24H40N4O2.HI/c1-19-15-28(16-20(2)30-19)17-22-9-6-5-8-21(22)14-26-23(25-3)27-18-24(10-7-11-24)12-13-29-4;/h5-6,8-9,19-20H,7,10-18H2,1-4H3,(H2,25,26,27);1H. The number of halogens is 1. The first-order valence-electron chi connectivity index (χ1n) is 11.4. The zero-order chi connectivity index (χ0) is 21.4. The molecule has 2 atom stereocenters. The summed E-state index contributed by atoms with van der Waals surface area (Å²) in [7, 11) is 3.64. The SMILES string of the molecule is CN=C(NCc1ccccc1CN1CC(C)OC(C)C1)NCC1(CCOC)CCC1.I. The molecule has 2 N–H and O–H groups in total. The maximum absolute atomic E-state index is 5.88. The Bertz CT molecular complexity index is 686. The molecule has 6 nitrogen and oxygen atoms in total. The van der Waals surface area contributed by atoms with Crippen LogP contribution in [-0.4, -0.2) is 63.5 Å². The second-order valence-electron chi connectivity index (χ2n) is 9.10. The molecule has 2 aliphatic rings. The summed E-state index contributed by atoms with van der Waals surface area (Å²) in [5.41, 5.74) is 3.07. The quantitative estimate of drug-likeness (QED) is 0.282. The van der Waals surface area contributed by atoms with E-state index in [-0.39, 0.29) is 24.0 Å². The number of methoxy groups -OCH3 is 1. The van der Waals surface area contributed by atoms with Crippen molar-refractivity contribution >= 4 is 29.9 Å². The first-order valence-corrected chi connectivity index (χ1v) is 11.4. The minimum Gasteiger partial charge on any atom is -0.385 e. The van der Waals surface area contributed by atoms with E-state index in [1.807, 2.05) is 7.05 Å². The van der Waals surface area contributed by atoms with Crippen LogP contribution in [0, 0.1) is 5.41 Å². The molecule has 0 amide bonds. The van der Waals surface area contributed by atoms with Crippen LogP contribution in [0.5, 0.6) is 0 Å². The van der Waals surface area contributed by atoms with Gasteiger partial charge < -0.3 is 20.1 Å².